The van der Waals surface area contributed by atoms with Crippen molar-refractivity contribution in [3.05, 3.63) is 15.8 Å². The SMILES string of the molecule is CCNCc1scc(C)c1S(=O)(=O)N(C)CC1CCCO1. The van der Waals surface area contributed by atoms with Crippen LogP contribution in [-0.2, 0) is 21.3 Å². The molecule has 0 aromatic carbocycles. The van der Waals surface area contributed by atoms with Crippen LogP contribution in [-0.4, -0.2) is 45.6 Å². The highest BCUT2D eigenvalue weighted by Crippen LogP contribution is 2.29. The Balaban J connectivity index is 2.19. The molecule has 0 bridgehead atoms. The molecule has 5 nitrogen and oxygen atoms in total. The predicted octanol–water partition coefficient (Wildman–Crippen LogP) is 1.97. The Bertz CT molecular complexity index is 563. The van der Waals surface area contributed by atoms with Crippen LogP contribution in [0.3, 0.4) is 0 Å². The van der Waals surface area contributed by atoms with Gasteiger partial charge in [0, 0.05) is 31.6 Å². The molecule has 1 N–H and O–H groups in total. The van der Waals surface area contributed by atoms with E-state index in [-0.39, 0.29) is 6.10 Å². The first-order chi connectivity index (χ1) is 9.96. The predicted molar refractivity (Wildman–Crippen MR) is 85.2 cm³/mol. The minimum absolute atomic E-state index is 0.0286. The molecule has 120 valence electrons. The van der Waals surface area contributed by atoms with E-state index in [1.54, 1.807) is 7.05 Å². The van der Waals surface area contributed by atoms with Gasteiger partial charge in [0.15, 0.2) is 0 Å². The molecule has 2 heterocycles. The fourth-order valence-electron chi connectivity index (χ4n) is 2.52. The van der Waals surface area contributed by atoms with Crippen molar-refractivity contribution in [1.29, 1.82) is 0 Å². The summed E-state index contributed by atoms with van der Waals surface area (Å²) in [6.07, 6.45) is 1.98. The Morgan fingerprint density at radius 2 is 2.29 bits per heavy atom. The number of sulfonamides is 1. The molecular weight excluding hydrogens is 308 g/mol. The lowest BCUT2D eigenvalue weighted by atomic mass is 10.2. The summed E-state index contributed by atoms with van der Waals surface area (Å²) < 4.78 is 32.7. The minimum Gasteiger partial charge on any atom is -0.377 e. The highest BCUT2D eigenvalue weighted by molar-refractivity contribution is 7.89. The first-order valence-electron chi connectivity index (χ1n) is 7.32. The number of aryl methyl sites for hydroxylation is 1. The zero-order valence-electron chi connectivity index (χ0n) is 12.9. The molecule has 1 aromatic rings. The molecule has 0 radical (unpaired) electrons. The van der Waals surface area contributed by atoms with Crippen molar-refractivity contribution in [3.63, 3.8) is 0 Å². The van der Waals surface area contributed by atoms with Gasteiger partial charge in [0.25, 0.3) is 0 Å². The van der Waals surface area contributed by atoms with Gasteiger partial charge in [-0.25, -0.2) is 8.42 Å². The minimum atomic E-state index is -3.45. The van der Waals surface area contributed by atoms with E-state index in [0.29, 0.717) is 18.0 Å². The topological polar surface area (TPSA) is 58.6 Å². The van der Waals surface area contributed by atoms with E-state index in [4.69, 9.17) is 4.74 Å². The van der Waals surface area contributed by atoms with Crippen LogP contribution in [0.2, 0.25) is 0 Å². The Hall–Kier alpha value is -0.470. The van der Waals surface area contributed by atoms with Gasteiger partial charge in [-0.3, -0.25) is 0 Å². The largest absolute Gasteiger partial charge is 0.377 e. The van der Waals surface area contributed by atoms with Crippen LogP contribution in [0.4, 0.5) is 0 Å². The molecule has 1 unspecified atom stereocenters. The number of nitrogens with one attached hydrogen (secondary N) is 1. The van der Waals surface area contributed by atoms with Crippen LogP contribution in [0, 0.1) is 6.92 Å². The Morgan fingerprint density at radius 1 is 1.52 bits per heavy atom. The van der Waals surface area contributed by atoms with Crippen molar-refractivity contribution >= 4 is 21.4 Å². The lowest BCUT2D eigenvalue weighted by Crippen LogP contribution is -2.34. The summed E-state index contributed by atoms with van der Waals surface area (Å²) in [7, 11) is -1.81. The van der Waals surface area contributed by atoms with Crippen LogP contribution in [0.25, 0.3) is 0 Å². The van der Waals surface area contributed by atoms with Gasteiger partial charge in [-0.15, -0.1) is 11.3 Å². The van der Waals surface area contributed by atoms with Gasteiger partial charge in [0.1, 0.15) is 4.90 Å². The van der Waals surface area contributed by atoms with Crippen molar-refractivity contribution in [2.45, 2.75) is 44.2 Å². The molecule has 2 rings (SSSR count). The standard InChI is InChI=1S/C14H24N2O3S2/c1-4-15-8-13-14(11(2)10-20-13)21(17,18)16(3)9-12-6-5-7-19-12/h10,12,15H,4-9H2,1-3H3. The maximum Gasteiger partial charge on any atom is 0.244 e. The normalized spacial score (nSPS) is 19.5. The molecule has 1 fully saturated rings. The third kappa shape index (κ3) is 3.84. The number of likely N-dealkylation sites (N-methyl/N-ethyl adjacent to an activating group) is 1. The van der Waals surface area contributed by atoms with Crippen LogP contribution < -0.4 is 5.32 Å². The smallest absolute Gasteiger partial charge is 0.244 e. The lowest BCUT2D eigenvalue weighted by Gasteiger charge is -2.21. The van der Waals surface area contributed by atoms with Gasteiger partial charge in [0.05, 0.1) is 6.10 Å². The highest BCUT2D eigenvalue weighted by Gasteiger charge is 2.30. The summed E-state index contributed by atoms with van der Waals surface area (Å²) in [6, 6.07) is 0. The fourth-order valence-corrected chi connectivity index (χ4v) is 5.45. The summed E-state index contributed by atoms with van der Waals surface area (Å²) in [5.74, 6) is 0. The summed E-state index contributed by atoms with van der Waals surface area (Å²) in [5, 5.41) is 5.12. The van der Waals surface area contributed by atoms with E-state index in [0.717, 1.165) is 36.4 Å². The summed E-state index contributed by atoms with van der Waals surface area (Å²) in [4.78, 5) is 1.35. The first-order valence-corrected chi connectivity index (χ1v) is 9.64. The molecule has 0 saturated carbocycles. The van der Waals surface area contributed by atoms with Crippen LogP contribution in [0.1, 0.15) is 30.2 Å². The van der Waals surface area contributed by atoms with Crippen molar-refractivity contribution in [2.75, 3.05) is 26.7 Å². The number of ether oxygens (including phenoxy) is 1. The third-order valence-corrected chi connectivity index (χ3v) is 6.97. The van der Waals surface area contributed by atoms with E-state index >= 15 is 0 Å². The maximum absolute atomic E-state index is 12.8. The molecule has 0 aliphatic carbocycles. The van der Waals surface area contributed by atoms with Crippen molar-refractivity contribution < 1.29 is 13.2 Å². The highest BCUT2D eigenvalue weighted by atomic mass is 32.2. The van der Waals surface area contributed by atoms with Crippen LogP contribution >= 0.6 is 11.3 Å². The van der Waals surface area contributed by atoms with E-state index in [9.17, 15) is 8.42 Å². The van der Waals surface area contributed by atoms with Gasteiger partial charge in [-0.05, 0) is 37.3 Å². The molecule has 7 heteroatoms. The molecule has 0 spiro atoms. The number of hydrogen-bond acceptors (Lipinski definition) is 5. The van der Waals surface area contributed by atoms with Crippen LogP contribution in [0.5, 0.6) is 0 Å². The van der Waals surface area contributed by atoms with Gasteiger partial charge >= 0.3 is 0 Å². The Kier molecular flexibility index (Phi) is 5.79. The average Bonchev–Trinajstić information content (AvgIpc) is 3.06. The van der Waals surface area contributed by atoms with Gasteiger partial charge < -0.3 is 10.1 Å². The molecule has 21 heavy (non-hydrogen) atoms. The van der Waals surface area contributed by atoms with Gasteiger partial charge in [-0.2, -0.15) is 4.31 Å². The molecule has 1 aliphatic rings. The monoisotopic (exact) mass is 332 g/mol. The summed E-state index contributed by atoms with van der Waals surface area (Å²) in [5.41, 5.74) is 0.826. The molecular formula is C14H24N2O3S2. The zero-order valence-corrected chi connectivity index (χ0v) is 14.5. The van der Waals surface area contributed by atoms with E-state index < -0.39 is 10.0 Å². The average molecular weight is 332 g/mol. The van der Waals surface area contributed by atoms with E-state index in [1.807, 2.05) is 19.2 Å². The zero-order chi connectivity index (χ0) is 15.5. The quantitative estimate of drug-likeness (QED) is 0.829. The van der Waals surface area contributed by atoms with Crippen molar-refractivity contribution in [1.82, 2.24) is 9.62 Å². The molecule has 0 amide bonds. The molecule has 1 aromatic heterocycles. The van der Waals surface area contributed by atoms with E-state index in [2.05, 4.69) is 5.32 Å². The second-order valence-corrected chi connectivity index (χ2v) is 8.32. The number of rotatable bonds is 7. The lowest BCUT2D eigenvalue weighted by molar-refractivity contribution is 0.0979. The maximum atomic E-state index is 12.8. The third-order valence-electron chi connectivity index (χ3n) is 3.68. The summed E-state index contributed by atoms with van der Waals surface area (Å²) in [6.45, 7) is 6.45. The number of nitrogens with zero attached hydrogens (tertiary/aromatic N) is 1. The first kappa shape index (κ1) is 16.9. The van der Waals surface area contributed by atoms with Gasteiger partial charge in [0.2, 0.25) is 10.0 Å². The number of thiophene rings is 1. The second kappa shape index (κ2) is 7.19. The molecule has 1 aliphatic heterocycles. The second-order valence-electron chi connectivity index (χ2n) is 5.37. The van der Waals surface area contributed by atoms with Crippen molar-refractivity contribution in [2.24, 2.45) is 0 Å². The molecule has 1 saturated heterocycles. The van der Waals surface area contributed by atoms with E-state index in [1.165, 1.54) is 15.6 Å². The van der Waals surface area contributed by atoms with Crippen molar-refractivity contribution in [3.8, 4) is 0 Å². The van der Waals surface area contributed by atoms with Gasteiger partial charge in [-0.1, -0.05) is 6.92 Å². The molecule has 1 atom stereocenters. The Labute approximate surface area is 131 Å². The van der Waals surface area contributed by atoms with Crippen LogP contribution in [0.15, 0.2) is 10.3 Å². The Morgan fingerprint density at radius 3 is 2.90 bits per heavy atom. The number of hydrogen-bond donors (Lipinski definition) is 1. The fraction of sp³-hybridized carbons (Fsp3) is 0.714. The summed E-state index contributed by atoms with van der Waals surface area (Å²) >= 11 is 1.50.